The molecule has 1 fully saturated rings. The molecule has 0 aliphatic carbocycles. The zero-order valence-corrected chi connectivity index (χ0v) is 16.6. The maximum absolute atomic E-state index is 12.1. The molecule has 0 bridgehead atoms. The molecule has 154 valence electrons. The number of carbonyl (C=O) groups is 2. The summed E-state index contributed by atoms with van der Waals surface area (Å²) in [5, 5.41) is 0. The zero-order valence-electron chi connectivity index (χ0n) is 16.6. The molecule has 0 radical (unpaired) electrons. The second kappa shape index (κ2) is 9.26. The van der Waals surface area contributed by atoms with Crippen LogP contribution in [-0.4, -0.2) is 34.6 Å². The number of imidazole rings is 1. The minimum absolute atomic E-state index is 0.0814. The number of esters is 1. The van der Waals surface area contributed by atoms with E-state index in [1.807, 2.05) is 53.2 Å². The van der Waals surface area contributed by atoms with Gasteiger partial charge in [0.25, 0.3) is 0 Å². The van der Waals surface area contributed by atoms with Gasteiger partial charge >= 0.3 is 5.97 Å². The second-order valence-corrected chi connectivity index (χ2v) is 7.05. The van der Waals surface area contributed by atoms with E-state index in [1.165, 1.54) is 0 Å². The summed E-state index contributed by atoms with van der Waals surface area (Å²) in [7, 11) is 0. The number of nitrogens with zero attached hydrogens (tertiary/aromatic N) is 3. The third-order valence-corrected chi connectivity index (χ3v) is 4.94. The zero-order chi connectivity index (χ0) is 20.8. The van der Waals surface area contributed by atoms with Crippen molar-refractivity contribution in [2.24, 2.45) is 0 Å². The first kappa shape index (κ1) is 19.7. The Balaban J connectivity index is 1.25. The normalized spacial score (nSPS) is 13.5. The van der Waals surface area contributed by atoms with E-state index in [1.54, 1.807) is 23.2 Å². The highest BCUT2D eigenvalue weighted by Gasteiger charge is 2.21. The second-order valence-electron chi connectivity index (χ2n) is 7.05. The van der Waals surface area contributed by atoms with Crippen molar-refractivity contribution in [1.29, 1.82) is 0 Å². The smallest absolute Gasteiger partial charge is 0.344 e. The van der Waals surface area contributed by atoms with Crippen molar-refractivity contribution in [1.82, 2.24) is 9.55 Å². The van der Waals surface area contributed by atoms with Crippen LogP contribution in [0.1, 0.15) is 24.2 Å². The molecule has 1 saturated heterocycles. The van der Waals surface area contributed by atoms with Crippen LogP contribution in [0.4, 0.5) is 5.69 Å². The van der Waals surface area contributed by atoms with E-state index in [-0.39, 0.29) is 19.1 Å². The number of anilines is 1. The quantitative estimate of drug-likeness (QED) is 0.538. The number of ether oxygens (including phenoxy) is 2. The third-order valence-electron chi connectivity index (χ3n) is 4.94. The Labute approximate surface area is 174 Å². The lowest BCUT2D eigenvalue weighted by Gasteiger charge is -2.16. The van der Waals surface area contributed by atoms with Gasteiger partial charge < -0.3 is 18.9 Å². The fourth-order valence-corrected chi connectivity index (χ4v) is 3.38. The summed E-state index contributed by atoms with van der Waals surface area (Å²) in [6.07, 6.45) is 5.02. The first-order valence-electron chi connectivity index (χ1n) is 9.92. The van der Waals surface area contributed by atoms with Gasteiger partial charge in [0, 0.05) is 37.6 Å². The molecule has 7 heteroatoms. The number of hydrogen-bond donors (Lipinski definition) is 0. The molecule has 0 unspecified atom stereocenters. The Kier molecular flexibility index (Phi) is 6.08. The number of carbonyl (C=O) groups excluding carboxylic acids is 2. The Morgan fingerprint density at radius 1 is 1.07 bits per heavy atom. The lowest BCUT2D eigenvalue weighted by atomic mass is 10.2. The average molecular weight is 405 g/mol. The lowest BCUT2D eigenvalue weighted by molar-refractivity contribution is -0.147. The largest absolute Gasteiger partial charge is 0.482 e. The average Bonchev–Trinajstić information content (AvgIpc) is 3.40. The van der Waals surface area contributed by atoms with Crippen molar-refractivity contribution >= 4 is 17.6 Å². The monoisotopic (exact) mass is 405 g/mol. The third kappa shape index (κ3) is 4.86. The molecule has 0 spiro atoms. The topological polar surface area (TPSA) is 73.7 Å². The molecule has 0 atom stereocenters. The van der Waals surface area contributed by atoms with Crippen LogP contribution in [0.3, 0.4) is 0 Å². The van der Waals surface area contributed by atoms with Crippen LogP contribution in [-0.2, 0) is 27.5 Å². The summed E-state index contributed by atoms with van der Waals surface area (Å²) in [6.45, 7) is 1.29. The van der Waals surface area contributed by atoms with E-state index in [9.17, 15) is 9.59 Å². The highest BCUT2D eigenvalue weighted by Crippen LogP contribution is 2.23. The van der Waals surface area contributed by atoms with Crippen LogP contribution >= 0.6 is 0 Å². The molecule has 0 saturated carbocycles. The van der Waals surface area contributed by atoms with Crippen LogP contribution < -0.4 is 9.64 Å². The van der Waals surface area contributed by atoms with Crippen molar-refractivity contribution in [3.05, 3.63) is 78.4 Å². The van der Waals surface area contributed by atoms with E-state index in [0.717, 1.165) is 24.2 Å². The number of aromatic nitrogens is 2. The molecular formula is C23H23N3O4. The van der Waals surface area contributed by atoms with Gasteiger partial charge in [-0.25, -0.2) is 9.78 Å². The molecule has 0 N–H and O–H groups in total. The summed E-state index contributed by atoms with van der Waals surface area (Å²) in [5.74, 6) is 0.890. The molecule has 1 aliphatic heterocycles. The molecule has 3 aromatic rings. The fourth-order valence-electron chi connectivity index (χ4n) is 3.38. The van der Waals surface area contributed by atoms with Gasteiger partial charge in [-0.1, -0.05) is 30.3 Å². The Morgan fingerprint density at radius 2 is 1.87 bits per heavy atom. The Hall–Kier alpha value is -3.61. The van der Waals surface area contributed by atoms with Crippen LogP contribution in [0.5, 0.6) is 5.75 Å². The molecule has 7 nitrogen and oxygen atoms in total. The maximum atomic E-state index is 12.1. The van der Waals surface area contributed by atoms with E-state index >= 15 is 0 Å². The van der Waals surface area contributed by atoms with Crippen LogP contribution in [0.25, 0.3) is 0 Å². The first-order chi connectivity index (χ1) is 14.7. The molecule has 4 rings (SSSR count). The van der Waals surface area contributed by atoms with E-state index in [0.29, 0.717) is 24.5 Å². The van der Waals surface area contributed by atoms with Gasteiger partial charge in [-0.05, 0) is 36.2 Å². The SMILES string of the molecule is O=C(COc1ccc(N2CCCC2=O)cc1)OCc1nccn1Cc1ccccc1. The van der Waals surface area contributed by atoms with Crippen LogP contribution in [0, 0.1) is 0 Å². The Morgan fingerprint density at radius 3 is 2.60 bits per heavy atom. The van der Waals surface area contributed by atoms with Crippen molar-refractivity contribution < 1.29 is 19.1 Å². The maximum Gasteiger partial charge on any atom is 0.344 e. The van der Waals surface area contributed by atoms with E-state index < -0.39 is 5.97 Å². The molecule has 1 amide bonds. The van der Waals surface area contributed by atoms with Gasteiger partial charge in [-0.2, -0.15) is 0 Å². The number of amides is 1. The van der Waals surface area contributed by atoms with Gasteiger partial charge in [0.1, 0.15) is 18.2 Å². The number of benzene rings is 2. The molecular weight excluding hydrogens is 382 g/mol. The number of rotatable bonds is 8. The minimum Gasteiger partial charge on any atom is -0.482 e. The van der Waals surface area contributed by atoms with Crippen molar-refractivity contribution in [2.75, 3.05) is 18.1 Å². The van der Waals surface area contributed by atoms with Crippen LogP contribution in [0.15, 0.2) is 67.0 Å². The molecule has 30 heavy (non-hydrogen) atoms. The minimum atomic E-state index is -0.469. The van der Waals surface area contributed by atoms with E-state index in [4.69, 9.17) is 9.47 Å². The predicted molar refractivity (Wildman–Crippen MR) is 111 cm³/mol. The molecule has 2 heterocycles. The molecule has 2 aromatic carbocycles. The first-order valence-corrected chi connectivity index (χ1v) is 9.92. The van der Waals surface area contributed by atoms with Gasteiger partial charge in [-0.3, -0.25) is 4.79 Å². The van der Waals surface area contributed by atoms with Gasteiger partial charge in [0.2, 0.25) is 5.91 Å². The predicted octanol–water partition coefficient (Wildman–Crippen LogP) is 3.18. The fraction of sp³-hybridized carbons (Fsp3) is 0.261. The molecule has 1 aliphatic rings. The van der Waals surface area contributed by atoms with E-state index in [2.05, 4.69) is 4.98 Å². The van der Waals surface area contributed by atoms with Gasteiger partial charge in [-0.15, -0.1) is 0 Å². The standard InChI is InChI=1S/C23H23N3O4/c27-22-7-4-13-26(22)19-8-10-20(11-9-19)29-17-23(28)30-16-21-24-12-14-25(21)15-18-5-2-1-3-6-18/h1-3,5-6,8-12,14H,4,7,13,15-17H2. The lowest BCUT2D eigenvalue weighted by Crippen LogP contribution is -2.23. The molecule has 1 aromatic heterocycles. The summed E-state index contributed by atoms with van der Waals surface area (Å²) in [6, 6.07) is 17.2. The van der Waals surface area contributed by atoms with Crippen molar-refractivity contribution in [3.63, 3.8) is 0 Å². The summed E-state index contributed by atoms with van der Waals surface area (Å²) in [5.41, 5.74) is 1.99. The van der Waals surface area contributed by atoms with Gasteiger partial charge in [0.15, 0.2) is 6.61 Å². The summed E-state index contributed by atoms with van der Waals surface area (Å²) >= 11 is 0. The summed E-state index contributed by atoms with van der Waals surface area (Å²) < 4.78 is 12.8. The van der Waals surface area contributed by atoms with Crippen molar-refractivity contribution in [2.45, 2.75) is 26.0 Å². The number of hydrogen-bond acceptors (Lipinski definition) is 5. The Bertz CT molecular complexity index is 999. The summed E-state index contributed by atoms with van der Waals surface area (Å²) in [4.78, 5) is 29.9. The van der Waals surface area contributed by atoms with Crippen molar-refractivity contribution in [3.8, 4) is 5.75 Å². The van der Waals surface area contributed by atoms with Crippen LogP contribution in [0.2, 0.25) is 0 Å². The van der Waals surface area contributed by atoms with Gasteiger partial charge in [0.05, 0.1) is 0 Å². The highest BCUT2D eigenvalue weighted by molar-refractivity contribution is 5.95. The highest BCUT2D eigenvalue weighted by atomic mass is 16.6.